The lowest BCUT2D eigenvalue weighted by Crippen LogP contribution is -1.77. The molecule has 0 aliphatic carbocycles. The zero-order valence-electron chi connectivity index (χ0n) is 5.10. The first-order chi connectivity index (χ1) is 3.77. The van der Waals surface area contributed by atoms with Gasteiger partial charge in [-0.1, -0.05) is 31.0 Å². The van der Waals surface area contributed by atoms with Gasteiger partial charge in [-0.25, -0.2) is 0 Å². The predicted molar refractivity (Wildman–Crippen MR) is 39.4 cm³/mol. The van der Waals surface area contributed by atoms with Crippen molar-refractivity contribution in [2.24, 2.45) is 0 Å². The van der Waals surface area contributed by atoms with E-state index in [2.05, 4.69) is 6.92 Å². The quantitative estimate of drug-likeness (QED) is 0.488. The van der Waals surface area contributed by atoms with Crippen LogP contribution in [-0.2, 0) is 0 Å². The summed E-state index contributed by atoms with van der Waals surface area (Å²) in [6.07, 6.45) is 4.25. The molecule has 1 unspecified atom stereocenters. The van der Waals surface area contributed by atoms with Gasteiger partial charge in [0.25, 0.3) is 0 Å². The van der Waals surface area contributed by atoms with E-state index in [0.717, 1.165) is 12.6 Å². The molecule has 0 heterocycles. The Morgan fingerprint density at radius 1 is 1.50 bits per heavy atom. The zero-order chi connectivity index (χ0) is 6.41. The summed E-state index contributed by atoms with van der Waals surface area (Å²) in [5.74, 6) is 0. The molecule has 0 aromatic heterocycles. The van der Waals surface area contributed by atoms with Crippen LogP contribution in [0, 0.1) is 0 Å². The molecule has 0 aromatic rings. The molecule has 0 bridgehead atoms. The highest BCUT2D eigenvalue weighted by molar-refractivity contribution is 7.79. The van der Waals surface area contributed by atoms with Gasteiger partial charge in [0, 0.05) is 6.16 Å². The van der Waals surface area contributed by atoms with Gasteiger partial charge in [0.1, 0.15) is 7.50 Å². The summed E-state index contributed by atoms with van der Waals surface area (Å²) >= 11 is 5.33. The van der Waals surface area contributed by atoms with Crippen LogP contribution in [0.1, 0.15) is 26.2 Å². The van der Waals surface area contributed by atoms with Gasteiger partial charge in [-0.2, -0.15) is 0 Å². The van der Waals surface area contributed by atoms with Crippen LogP contribution in [0.4, 0.5) is 0 Å². The molecule has 0 radical (unpaired) electrons. The fraction of sp³-hybridized carbons (Fsp3) is 1.00. The van der Waals surface area contributed by atoms with E-state index in [0.29, 0.717) is 0 Å². The first-order valence-electron chi connectivity index (χ1n) is 2.89. The van der Waals surface area contributed by atoms with Gasteiger partial charge >= 0.3 is 0 Å². The third-order valence-electron chi connectivity index (χ3n) is 0.946. The number of halogens is 1. The fourth-order valence-electron chi connectivity index (χ4n) is 0.492. The Hall–Kier alpha value is 0.680. The molecule has 50 valence electrons. The Bertz CT molecular complexity index is 49.7. The van der Waals surface area contributed by atoms with E-state index in [4.69, 9.17) is 16.1 Å². The van der Waals surface area contributed by atoms with Crippen molar-refractivity contribution in [3.63, 3.8) is 0 Å². The van der Waals surface area contributed by atoms with Crippen LogP contribution >= 0.6 is 18.7 Å². The minimum atomic E-state index is -1.14. The molecule has 0 aliphatic rings. The molecule has 0 fully saturated rings. The van der Waals surface area contributed by atoms with Crippen molar-refractivity contribution < 1.29 is 4.89 Å². The van der Waals surface area contributed by atoms with Crippen molar-refractivity contribution in [2.75, 3.05) is 6.16 Å². The van der Waals surface area contributed by atoms with Crippen LogP contribution in [0.5, 0.6) is 0 Å². The standard InChI is InChI=1S/C5H12ClOP/c1-2-3-4-5-8(6)7/h7H,2-5H2,1H3. The van der Waals surface area contributed by atoms with Gasteiger partial charge in [-0.15, -0.1) is 0 Å². The summed E-state index contributed by atoms with van der Waals surface area (Å²) < 4.78 is 0. The van der Waals surface area contributed by atoms with Crippen molar-refractivity contribution in [1.29, 1.82) is 0 Å². The highest BCUT2D eigenvalue weighted by Crippen LogP contribution is 2.36. The minimum absolute atomic E-state index is 0.796. The van der Waals surface area contributed by atoms with E-state index in [1.54, 1.807) is 0 Å². The van der Waals surface area contributed by atoms with Crippen molar-refractivity contribution in [3.8, 4) is 0 Å². The van der Waals surface area contributed by atoms with Gasteiger partial charge in [-0.3, -0.25) is 0 Å². The smallest absolute Gasteiger partial charge is 0.121 e. The largest absolute Gasteiger partial charge is 0.359 e. The Labute approximate surface area is 56.7 Å². The Morgan fingerprint density at radius 3 is 2.50 bits per heavy atom. The summed E-state index contributed by atoms with van der Waals surface area (Å²) in [6.45, 7) is 2.13. The van der Waals surface area contributed by atoms with Crippen LogP contribution in [-0.4, -0.2) is 11.1 Å². The van der Waals surface area contributed by atoms with E-state index in [-0.39, 0.29) is 0 Å². The molecule has 0 aliphatic heterocycles. The SMILES string of the molecule is CCCCCP(O)Cl. The monoisotopic (exact) mass is 154 g/mol. The molecule has 0 saturated heterocycles. The second kappa shape index (κ2) is 5.81. The summed E-state index contributed by atoms with van der Waals surface area (Å²) in [5.41, 5.74) is 0. The lowest BCUT2D eigenvalue weighted by Gasteiger charge is -1.97. The van der Waals surface area contributed by atoms with Crippen LogP contribution in [0.3, 0.4) is 0 Å². The van der Waals surface area contributed by atoms with Crippen molar-refractivity contribution >= 4 is 18.7 Å². The molecule has 0 spiro atoms. The number of unbranched alkanes of at least 4 members (excludes halogenated alkanes) is 2. The fourth-order valence-corrected chi connectivity index (χ4v) is 1.34. The maximum atomic E-state index is 8.61. The summed E-state index contributed by atoms with van der Waals surface area (Å²) in [6, 6.07) is 0. The van der Waals surface area contributed by atoms with E-state index >= 15 is 0 Å². The van der Waals surface area contributed by atoms with Gasteiger partial charge < -0.3 is 4.89 Å². The zero-order valence-corrected chi connectivity index (χ0v) is 6.75. The molecule has 3 heteroatoms. The first kappa shape index (κ1) is 8.68. The van der Waals surface area contributed by atoms with E-state index in [1.165, 1.54) is 12.8 Å². The molecule has 8 heavy (non-hydrogen) atoms. The molecule has 0 aromatic carbocycles. The van der Waals surface area contributed by atoms with E-state index in [1.807, 2.05) is 0 Å². The molecule has 1 atom stereocenters. The van der Waals surface area contributed by atoms with Crippen LogP contribution in [0.2, 0.25) is 0 Å². The van der Waals surface area contributed by atoms with E-state index in [9.17, 15) is 0 Å². The van der Waals surface area contributed by atoms with Gasteiger partial charge in [-0.05, 0) is 6.42 Å². The van der Waals surface area contributed by atoms with Crippen molar-refractivity contribution in [2.45, 2.75) is 26.2 Å². The Kier molecular flexibility index (Phi) is 6.30. The normalized spacial score (nSPS) is 13.9. The summed E-state index contributed by atoms with van der Waals surface area (Å²) in [5, 5.41) is 0. The average molecular weight is 155 g/mol. The van der Waals surface area contributed by atoms with Gasteiger partial charge in [0.15, 0.2) is 0 Å². The topological polar surface area (TPSA) is 20.2 Å². The lowest BCUT2D eigenvalue weighted by molar-refractivity contribution is 0.632. The molecule has 1 nitrogen and oxygen atoms in total. The van der Waals surface area contributed by atoms with Crippen LogP contribution in [0.15, 0.2) is 0 Å². The Balaban J connectivity index is 2.72. The van der Waals surface area contributed by atoms with Gasteiger partial charge in [0.05, 0.1) is 0 Å². The Morgan fingerprint density at radius 2 is 2.12 bits per heavy atom. The van der Waals surface area contributed by atoms with Crippen LogP contribution in [0.25, 0.3) is 0 Å². The first-order valence-corrected chi connectivity index (χ1v) is 5.28. The molecule has 0 saturated carbocycles. The molecule has 0 rings (SSSR count). The molecular formula is C5H12ClOP. The predicted octanol–water partition coefficient (Wildman–Crippen LogP) is 2.72. The minimum Gasteiger partial charge on any atom is -0.359 e. The second-order valence-electron chi connectivity index (χ2n) is 1.77. The third kappa shape index (κ3) is 6.68. The maximum Gasteiger partial charge on any atom is 0.121 e. The number of hydrogen-bond donors (Lipinski definition) is 1. The number of rotatable bonds is 4. The second-order valence-corrected chi connectivity index (χ2v) is 4.06. The highest BCUT2D eigenvalue weighted by Gasteiger charge is 1.95. The summed E-state index contributed by atoms with van der Waals surface area (Å²) in [4.78, 5) is 8.61. The van der Waals surface area contributed by atoms with Crippen LogP contribution < -0.4 is 0 Å². The number of hydrogen-bond acceptors (Lipinski definition) is 1. The maximum absolute atomic E-state index is 8.61. The summed E-state index contributed by atoms with van der Waals surface area (Å²) in [7, 11) is -1.14. The molecule has 1 N–H and O–H groups in total. The highest BCUT2D eigenvalue weighted by atomic mass is 35.7. The lowest BCUT2D eigenvalue weighted by atomic mass is 10.3. The van der Waals surface area contributed by atoms with Gasteiger partial charge in [0.2, 0.25) is 0 Å². The average Bonchev–Trinajstić information content (AvgIpc) is 1.66. The van der Waals surface area contributed by atoms with E-state index < -0.39 is 7.50 Å². The van der Waals surface area contributed by atoms with Crippen molar-refractivity contribution in [1.82, 2.24) is 0 Å². The third-order valence-corrected chi connectivity index (χ3v) is 2.14. The van der Waals surface area contributed by atoms with Crippen molar-refractivity contribution in [3.05, 3.63) is 0 Å². The molecular weight excluding hydrogens is 142 g/mol. The molecule has 0 amide bonds.